The molecule has 0 radical (unpaired) electrons. The zero-order valence-electron chi connectivity index (χ0n) is 10.4. The van der Waals surface area contributed by atoms with Crippen molar-refractivity contribution in [2.24, 2.45) is 0 Å². The van der Waals surface area contributed by atoms with Crippen LogP contribution in [0, 0.1) is 6.92 Å². The van der Waals surface area contributed by atoms with Crippen LogP contribution < -0.4 is 11.1 Å². The van der Waals surface area contributed by atoms with Crippen molar-refractivity contribution in [2.45, 2.75) is 19.9 Å². The number of rotatable bonds is 3. The van der Waals surface area contributed by atoms with E-state index in [1.165, 1.54) is 5.56 Å². The van der Waals surface area contributed by atoms with E-state index in [4.69, 9.17) is 5.73 Å². The Hall–Kier alpha value is -1.55. The average molecular weight is 306 g/mol. The molecule has 0 bridgehead atoms. The van der Waals surface area contributed by atoms with E-state index in [1.54, 1.807) is 6.20 Å². The lowest BCUT2D eigenvalue weighted by molar-refractivity contribution is 0.871. The van der Waals surface area contributed by atoms with Crippen molar-refractivity contribution >= 4 is 27.4 Å². The maximum atomic E-state index is 5.69. The highest BCUT2D eigenvalue weighted by Crippen LogP contribution is 2.22. The van der Waals surface area contributed by atoms with Crippen LogP contribution in [-0.4, -0.2) is 4.98 Å². The van der Waals surface area contributed by atoms with Gasteiger partial charge in [0.25, 0.3) is 0 Å². The summed E-state index contributed by atoms with van der Waals surface area (Å²) in [5, 5.41) is 3.39. The fourth-order valence-electron chi connectivity index (χ4n) is 1.79. The second kappa shape index (κ2) is 5.40. The molecule has 1 heterocycles. The lowest BCUT2D eigenvalue weighted by Gasteiger charge is -2.16. The molecule has 18 heavy (non-hydrogen) atoms. The van der Waals surface area contributed by atoms with Crippen LogP contribution in [0.4, 0.5) is 11.5 Å². The van der Waals surface area contributed by atoms with E-state index in [9.17, 15) is 0 Å². The minimum Gasteiger partial charge on any atom is -0.397 e. The molecule has 0 amide bonds. The Morgan fingerprint density at radius 1 is 1.28 bits per heavy atom. The monoisotopic (exact) mass is 305 g/mol. The number of nitrogens with two attached hydrogens (primary N) is 1. The molecule has 0 saturated heterocycles. The van der Waals surface area contributed by atoms with Gasteiger partial charge in [0.15, 0.2) is 0 Å². The number of pyridine rings is 1. The van der Waals surface area contributed by atoms with Crippen LogP contribution in [0.5, 0.6) is 0 Å². The summed E-state index contributed by atoms with van der Waals surface area (Å²) in [5.41, 5.74) is 8.65. The summed E-state index contributed by atoms with van der Waals surface area (Å²) in [5.74, 6) is 0.875. The molecule has 0 spiro atoms. The fourth-order valence-corrected chi connectivity index (χ4v) is 2.05. The van der Waals surface area contributed by atoms with Gasteiger partial charge in [0.2, 0.25) is 0 Å². The van der Waals surface area contributed by atoms with Crippen molar-refractivity contribution in [3.05, 3.63) is 52.1 Å². The van der Waals surface area contributed by atoms with Gasteiger partial charge in [0, 0.05) is 10.5 Å². The van der Waals surface area contributed by atoms with Gasteiger partial charge in [-0.05, 0) is 43.2 Å². The Bertz CT molecular complexity index is 537. The van der Waals surface area contributed by atoms with E-state index in [-0.39, 0.29) is 6.04 Å². The van der Waals surface area contributed by atoms with Gasteiger partial charge in [-0.15, -0.1) is 0 Å². The van der Waals surface area contributed by atoms with Crippen LogP contribution in [0.1, 0.15) is 24.1 Å². The van der Waals surface area contributed by atoms with E-state index >= 15 is 0 Å². The molecule has 0 aliphatic rings. The number of nitrogens with one attached hydrogen (secondary N) is 1. The van der Waals surface area contributed by atoms with Crippen LogP contribution >= 0.6 is 15.9 Å². The summed E-state index contributed by atoms with van der Waals surface area (Å²) in [6.07, 6.45) is 1.67. The molecule has 4 heteroatoms. The van der Waals surface area contributed by atoms with Crippen LogP contribution in [0.15, 0.2) is 41.0 Å². The molecule has 1 atom stereocenters. The van der Waals surface area contributed by atoms with E-state index in [0.29, 0.717) is 5.69 Å². The molecule has 1 aromatic heterocycles. The van der Waals surface area contributed by atoms with Crippen molar-refractivity contribution in [3.63, 3.8) is 0 Å². The summed E-state index contributed by atoms with van der Waals surface area (Å²) in [6, 6.07) is 10.4. The van der Waals surface area contributed by atoms with Gasteiger partial charge in [-0.2, -0.15) is 0 Å². The van der Waals surface area contributed by atoms with Crippen LogP contribution in [0.25, 0.3) is 0 Å². The first-order valence-electron chi connectivity index (χ1n) is 5.80. The summed E-state index contributed by atoms with van der Waals surface area (Å²) in [4.78, 5) is 4.32. The molecule has 3 nitrogen and oxygen atoms in total. The third kappa shape index (κ3) is 3.01. The molecule has 3 N–H and O–H groups in total. The molecular formula is C14H16BrN3. The molecular weight excluding hydrogens is 290 g/mol. The molecule has 2 rings (SSSR count). The van der Waals surface area contributed by atoms with E-state index in [1.807, 2.05) is 25.1 Å². The molecule has 2 aromatic rings. The van der Waals surface area contributed by atoms with Gasteiger partial charge in [-0.25, -0.2) is 4.98 Å². The highest BCUT2D eigenvalue weighted by Gasteiger charge is 2.07. The second-order valence-corrected chi connectivity index (χ2v) is 5.27. The van der Waals surface area contributed by atoms with Gasteiger partial charge in [0.05, 0.1) is 11.9 Å². The number of hydrogen-bond acceptors (Lipinski definition) is 3. The molecule has 94 valence electrons. The van der Waals surface area contributed by atoms with E-state index in [0.717, 1.165) is 15.9 Å². The highest BCUT2D eigenvalue weighted by molar-refractivity contribution is 9.10. The molecule has 1 aromatic carbocycles. The normalized spacial score (nSPS) is 12.2. The lowest BCUT2D eigenvalue weighted by Crippen LogP contribution is -2.09. The number of nitrogen functional groups attached to an aromatic ring is 1. The maximum absolute atomic E-state index is 5.69. The van der Waals surface area contributed by atoms with Crippen molar-refractivity contribution in [2.75, 3.05) is 11.1 Å². The first-order valence-corrected chi connectivity index (χ1v) is 6.59. The summed E-state index contributed by atoms with van der Waals surface area (Å²) in [6.45, 7) is 4.11. The Kier molecular flexibility index (Phi) is 3.87. The highest BCUT2D eigenvalue weighted by atomic mass is 79.9. The van der Waals surface area contributed by atoms with Crippen molar-refractivity contribution < 1.29 is 0 Å². The van der Waals surface area contributed by atoms with Gasteiger partial charge in [-0.1, -0.05) is 28.1 Å². The number of nitrogens with zero attached hydrogens (tertiary/aromatic N) is 1. The van der Waals surface area contributed by atoms with Gasteiger partial charge in [0.1, 0.15) is 5.82 Å². The average Bonchev–Trinajstić information content (AvgIpc) is 2.33. The summed E-state index contributed by atoms with van der Waals surface area (Å²) < 4.78 is 1.08. The fraction of sp³-hybridized carbons (Fsp3) is 0.214. The second-order valence-electron chi connectivity index (χ2n) is 4.35. The van der Waals surface area contributed by atoms with Gasteiger partial charge >= 0.3 is 0 Å². The third-order valence-corrected chi connectivity index (χ3v) is 3.35. The standard InChI is InChI=1S/C14H16BrN3/c1-9-7-13(16)8-17-14(9)18-10(2)11-3-5-12(15)6-4-11/h3-8,10H,16H2,1-2H3,(H,17,18). The first-order chi connectivity index (χ1) is 8.56. The minimum absolute atomic E-state index is 0.202. The maximum Gasteiger partial charge on any atom is 0.129 e. The summed E-state index contributed by atoms with van der Waals surface area (Å²) in [7, 11) is 0. The first kappa shape index (κ1) is 12.9. The van der Waals surface area contributed by atoms with E-state index < -0.39 is 0 Å². The van der Waals surface area contributed by atoms with Crippen LogP contribution in [0.3, 0.4) is 0 Å². The zero-order valence-corrected chi connectivity index (χ0v) is 12.0. The van der Waals surface area contributed by atoms with Crippen molar-refractivity contribution in [3.8, 4) is 0 Å². The predicted molar refractivity (Wildman–Crippen MR) is 79.6 cm³/mol. The number of aryl methyl sites for hydroxylation is 1. The lowest BCUT2D eigenvalue weighted by atomic mass is 10.1. The Labute approximate surface area is 116 Å². The largest absolute Gasteiger partial charge is 0.397 e. The smallest absolute Gasteiger partial charge is 0.129 e. The van der Waals surface area contributed by atoms with Gasteiger partial charge < -0.3 is 11.1 Å². The number of aromatic nitrogens is 1. The van der Waals surface area contributed by atoms with Crippen molar-refractivity contribution in [1.82, 2.24) is 4.98 Å². The molecule has 0 aliphatic carbocycles. The number of halogens is 1. The Morgan fingerprint density at radius 3 is 2.56 bits per heavy atom. The Morgan fingerprint density at radius 2 is 1.94 bits per heavy atom. The van der Waals surface area contributed by atoms with Crippen molar-refractivity contribution in [1.29, 1.82) is 0 Å². The molecule has 0 aliphatic heterocycles. The number of benzene rings is 1. The molecule has 0 fully saturated rings. The van der Waals surface area contributed by atoms with E-state index in [2.05, 4.69) is 45.3 Å². The molecule has 0 saturated carbocycles. The van der Waals surface area contributed by atoms with Crippen LogP contribution in [0.2, 0.25) is 0 Å². The third-order valence-electron chi connectivity index (χ3n) is 2.82. The molecule has 1 unspecified atom stereocenters. The Balaban J connectivity index is 2.15. The quantitative estimate of drug-likeness (QED) is 0.904. The number of hydrogen-bond donors (Lipinski definition) is 2. The topological polar surface area (TPSA) is 50.9 Å². The minimum atomic E-state index is 0.202. The predicted octanol–water partition coefficient (Wildman–Crippen LogP) is 3.91. The van der Waals surface area contributed by atoms with Crippen LogP contribution in [-0.2, 0) is 0 Å². The zero-order chi connectivity index (χ0) is 13.1. The number of anilines is 2. The van der Waals surface area contributed by atoms with Gasteiger partial charge in [-0.3, -0.25) is 0 Å². The SMILES string of the molecule is Cc1cc(N)cnc1NC(C)c1ccc(Br)cc1. The summed E-state index contributed by atoms with van der Waals surface area (Å²) >= 11 is 3.43.